The van der Waals surface area contributed by atoms with Gasteiger partial charge in [-0.1, -0.05) is 23.3 Å². The molecule has 0 spiro atoms. The molecule has 1 N–H and O–H groups in total. The number of nitrogens with one attached hydrogen (secondary N) is 1. The quantitative estimate of drug-likeness (QED) is 0.419. The maximum absolute atomic E-state index is 11.6. The molecule has 0 radical (unpaired) electrons. The smallest absolute Gasteiger partial charge is 0.261 e. The fraction of sp³-hybridized carbons (Fsp3) is 0.194. The van der Waals surface area contributed by atoms with Crippen LogP contribution in [0.1, 0.15) is 83.6 Å². The Morgan fingerprint density at radius 1 is 0.512 bits per heavy atom. The van der Waals surface area contributed by atoms with E-state index in [1.165, 1.54) is 46.4 Å². The van der Waals surface area contributed by atoms with Crippen LogP contribution >= 0.6 is 0 Å². The summed E-state index contributed by atoms with van der Waals surface area (Å²) in [6, 6.07) is 15.1. The summed E-state index contributed by atoms with van der Waals surface area (Å²) in [7, 11) is 5.93. The molecule has 0 saturated carbocycles. The molecule has 12 heteroatoms. The second-order valence-electron chi connectivity index (χ2n) is 9.95. The van der Waals surface area contributed by atoms with Gasteiger partial charge in [-0.25, -0.2) is 0 Å². The summed E-state index contributed by atoms with van der Waals surface area (Å²) in [5, 5.41) is 2.46. The van der Waals surface area contributed by atoms with Crippen molar-refractivity contribution in [1.82, 2.24) is 20.0 Å². The van der Waals surface area contributed by atoms with Gasteiger partial charge in [0, 0.05) is 71.5 Å². The first-order chi connectivity index (χ1) is 19.8. The number of benzene rings is 3. The third-order valence-electron chi connectivity index (χ3n) is 7.07. The summed E-state index contributed by atoms with van der Waals surface area (Å²) in [5.41, 5.74) is 5.06. The first kappa shape index (κ1) is 33.3. The molecule has 3 heterocycles. The molecule has 3 aliphatic heterocycles. The van der Waals surface area contributed by atoms with Crippen LogP contribution in [0.5, 0.6) is 0 Å². The zero-order valence-electron chi connectivity index (χ0n) is 24.2. The third kappa shape index (κ3) is 6.15. The Labute approximate surface area is 277 Å². The topological polar surface area (TPSA) is 141 Å². The molecule has 6 rings (SSSR count). The molecule has 0 bridgehead atoms. The molecule has 0 atom stereocenters. The van der Waals surface area contributed by atoms with Crippen molar-refractivity contribution in [3.8, 4) is 0 Å². The largest absolute Gasteiger partial charge is 0.355 e. The zero-order chi connectivity index (χ0) is 31.0. The van der Waals surface area contributed by atoms with Crippen LogP contribution in [0.25, 0.3) is 0 Å². The molecule has 11 nitrogen and oxygen atoms in total. The van der Waals surface area contributed by atoms with Crippen LogP contribution in [0.15, 0.2) is 54.6 Å². The number of hydrogen-bond acceptors (Lipinski definition) is 7. The van der Waals surface area contributed by atoms with Crippen molar-refractivity contribution < 1.29 is 71.3 Å². The molecule has 222 valence electrons. The van der Waals surface area contributed by atoms with Crippen molar-refractivity contribution in [2.24, 2.45) is 0 Å². The van der Waals surface area contributed by atoms with Crippen LogP contribution < -0.4 is 5.32 Å². The van der Waals surface area contributed by atoms with Crippen LogP contribution in [0.2, 0.25) is 0 Å². The fourth-order valence-corrected chi connectivity index (χ4v) is 4.60. The van der Waals surface area contributed by atoms with Gasteiger partial charge in [0.15, 0.2) is 0 Å². The Hall–Kier alpha value is -4.19. The Balaban J connectivity index is 0.000000176. The van der Waals surface area contributed by atoms with Gasteiger partial charge in [0.05, 0.1) is 33.4 Å². The van der Waals surface area contributed by atoms with Gasteiger partial charge in [-0.2, -0.15) is 0 Å². The van der Waals surface area contributed by atoms with E-state index < -0.39 is 0 Å². The molecule has 3 aromatic carbocycles. The van der Waals surface area contributed by atoms with E-state index in [1.807, 2.05) is 26.0 Å². The van der Waals surface area contributed by atoms with E-state index in [0.717, 1.165) is 25.8 Å². The summed E-state index contributed by atoms with van der Waals surface area (Å²) in [4.78, 5) is 83.7. The van der Waals surface area contributed by atoms with Gasteiger partial charge in [-0.05, 0) is 56.3 Å². The summed E-state index contributed by atoms with van der Waals surface area (Å²) >= 11 is 0. The number of aryl methyl sites for hydroxylation is 2. The van der Waals surface area contributed by atoms with Crippen LogP contribution in [0, 0.1) is 51.6 Å². The summed E-state index contributed by atoms with van der Waals surface area (Å²) < 4.78 is 0. The van der Waals surface area contributed by atoms with E-state index in [2.05, 4.69) is 5.32 Å². The molecule has 0 unspecified atom stereocenters. The number of nitrogens with zero attached hydrogens (tertiary/aromatic N) is 3. The van der Waals surface area contributed by atoms with Gasteiger partial charge in [-0.15, -0.1) is 0 Å². The Morgan fingerprint density at radius 3 is 1.16 bits per heavy atom. The Bertz CT molecular complexity index is 1650. The summed E-state index contributed by atoms with van der Waals surface area (Å²) in [6.45, 7) is 3.80. The predicted molar refractivity (Wildman–Crippen MR) is 151 cm³/mol. The predicted octanol–water partition coefficient (Wildman–Crippen LogP) is 2.71. The number of imide groups is 3. The number of fused-ring (bicyclic) bond motifs is 3. The van der Waals surface area contributed by atoms with E-state index in [9.17, 15) is 33.6 Å². The van der Waals surface area contributed by atoms with Crippen molar-refractivity contribution in [1.29, 1.82) is 0 Å². The van der Waals surface area contributed by atoms with E-state index in [1.54, 1.807) is 24.3 Å². The third-order valence-corrected chi connectivity index (χ3v) is 7.07. The zero-order valence-corrected chi connectivity index (χ0v) is 25.0. The number of amides is 7. The van der Waals surface area contributed by atoms with Crippen LogP contribution in [0.4, 0.5) is 0 Å². The van der Waals surface area contributed by atoms with Crippen molar-refractivity contribution in [2.45, 2.75) is 13.8 Å². The number of carbonyl (C=O) groups excluding carboxylic acids is 7. The maximum atomic E-state index is 11.6. The minimum absolute atomic E-state index is 0. The van der Waals surface area contributed by atoms with Crippen molar-refractivity contribution in [3.05, 3.63) is 105 Å². The van der Waals surface area contributed by atoms with Crippen molar-refractivity contribution in [3.63, 3.8) is 0 Å². The second kappa shape index (κ2) is 13.0. The monoisotopic (exact) mass is 608 g/mol. The SMILES string of the molecule is CNC(=O)c1ccc2c(c1)C(=O)N(C)C2=O.Cc1ccc2c(c1)C(=O)N(C)C2=O.Cc1ccc2c(c1)C(=O)N(C)C2=O.[Ar]. The molecule has 43 heavy (non-hydrogen) atoms. The Kier molecular flexibility index (Phi) is 10.1. The van der Waals surface area contributed by atoms with Gasteiger partial charge >= 0.3 is 0 Å². The molecule has 0 aliphatic carbocycles. The molecule has 0 aromatic heterocycles. The molecule has 3 aromatic rings. The van der Waals surface area contributed by atoms with Gasteiger partial charge in [0.1, 0.15) is 0 Å². The standard InChI is InChI=1S/C11H10N2O3.2C10H9NO2.Ar/c1-12-9(14)6-3-4-7-8(5-6)11(16)13(2)10(7)15;2*1-6-3-4-7-8(5-6)10(13)11(2)9(7)12;/h3-5H,1-2H3,(H,12,14);2*3-5H,1-2H3;. The molecule has 7 amide bonds. The van der Waals surface area contributed by atoms with E-state index in [0.29, 0.717) is 33.4 Å². The van der Waals surface area contributed by atoms with Crippen molar-refractivity contribution >= 4 is 41.4 Å². The van der Waals surface area contributed by atoms with Gasteiger partial charge in [0.25, 0.3) is 41.4 Å². The first-order valence-electron chi connectivity index (χ1n) is 12.8. The van der Waals surface area contributed by atoms with Crippen molar-refractivity contribution in [2.75, 3.05) is 28.2 Å². The molecule has 0 saturated heterocycles. The molecular weight excluding hydrogens is 580 g/mol. The molecule has 0 fully saturated rings. The minimum atomic E-state index is -0.370. The molecular formula is C31H28ArN4O7. The number of rotatable bonds is 1. The van der Waals surface area contributed by atoms with E-state index in [4.69, 9.17) is 0 Å². The average Bonchev–Trinajstić information content (AvgIpc) is 3.44. The van der Waals surface area contributed by atoms with Crippen LogP contribution in [0.3, 0.4) is 0 Å². The van der Waals surface area contributed by atoms with Crippen LogP contribution in [-0.4, -0.2) is 84.2 Å². The fourth-order valence-electron chi connectivity index (χ4n) is 4.60. The number of carbonyl (C=O) groups is 7. The first-order valence-corrected chi connectivity index (χ1v) is 12.8. The summed E-state index contributed by atoms with van der Waals surface area (Å²) in [5.74, 6) is -1.81. The second-order valence-corrected chi connectivity index (χ2v) is 9.95. The van der Waals surface area contributed by atoms with Gasteiger partial charge < -0.3 is 5.32 Å². The van der Waals surface area contributed by atoms with Gasteiger partial charge in [0.2, 0.25) is 0 Å². The minimum Gasteiger partial charge on any atom is -0.355 e. The molecule has 3 aliphatic rings. The number of hydrogen-bond donors (Lipinski definition) is 1. The van der Waals surface area contributed by atoms with Crippen LogP contribution in [-0.2, 0) is 0 Å². The summed E-state index contributed by atoms with van der Waals surface area (Å²) in [6.07, 6.45) is 0. The maximum Gasteiger partial charge on any atom is 0.261 e. The van der Waals surface area contributed by atoms with E-state index >= 15 is 0 Å². The van der Waals surface area contributed by atoms with E-state index in [-0.39, 0.29) is 84.7 Å². The van der Waals surface area contributed by atoms with Gasteiger partial charge in [-0.3, -0.25) is 48.3 Å². The average molecular weight is 609 g/mol. The normalized spacial score (nSPS) is 14.3. The Morgan fingerprint density at radius 2 is 0.814 bits per heavy atom.